The zero-order chi connectivity index (χ0) is 14.3. The van der Waals surface area contributed by atoms with Crippen molar-refractivity contribution in [2.75, 3.05) is 14.1 Å². The summed E-state index contributed by atoms with van der Waals surface area (Å²) in [7, 11) is 3.74. The van der Waals surface area contributed by atoms with Crippen LogP contribution in [0.4, 0.5) is 5.95 Å². The highest BCUT2D eigenvalue weighted by Gasteiger charge is 2.10. The van der Waals surface area contributed by atoms with Gasteiger partial charge in [0.1, 0.15) is 10.3 Å². The van der Waals surface area contributed by atoms with Gasteiger partial charge < -0.3 is 4.90 Å². The summed E-state index contributed by atoms with van der Waals surface area (Å²) >= 11 is 12.3. The normalized spacial score (nSPS) is 11.2. The Hall–Kier alpha value is -0.870. The topological polar surface area (TPSA) is 41.4 Å². The van der Waals surface area contributed by atoms with Gasteiger partial charge in [0.2, 0.25) is 0 Å². The summed E-state index contributed by atoms with van der Waals surface area (Å²) in [6.07, 6.45) is 7.08. The summed E-state index contributed by atoms with van der Waals surface area (Å²) in [6.45, 7) is 2.18. The van der Waals surface area contributed by atoms with Gasteiger partial charge in [-0.2, -0.15) is 9.97 Å². The molecule has 0 saturated carbocycles. The molecule has 1 aromatic rings. The molecule has 0 amide bonds. The van der Waals surface area contributed by atoms with Crippen LogP contribution in [-0.4, -0.2) is 35.3 Å². The van der Waals surface area contributed by atoms with Crippen LogP contribution in [0.1, 0.15) is 38.2 Å². The maximum atomic E-state index is 6.14. The first-order valence-corrected chi connectivity index (χ1v) is 7.22. The Bertz CT molecular complexity index is 410. The molecule has 0 N–H and O–H groups in total. The molecule has 4 nitrogen and oxygen atoms in total. The van der Waals surface area contributed by atoms with E-state index in [0.29, 0.717) is 16.3 Å². The van der Waals surface area contributed by atoms with Gasteiger partial charge in [0.05, 0.1) is 6.34 Å². The van der Waals surface area contributed by atoms with Crippen LogP contribution in [0.25, 0.3) is 0 Å². The molecule has 0 spiro atoms. The summed E-state index contributed by atoms with van der Waals surface area (Å²) in [4.78, 5) is 14.2. The molecule has 1 aromatic heterocycles. The van der Waals surface area contributed by atoms with Gasteiger partial charge in [-0.25, -0.2) is 4.99 Å². The van der Waals surface area contributed by atoms with Crippen LogP contribution in [-0.2, 0) is 6.42 Å². The van der Waals surface area contributed by atoms with Crippen LogP contribution in [0, 0.1) is 0 Å². The van der Waals surface area contributed by atoms with Gasteiger partial charge in [-0.3, -0.25) is 0 Å². The molecular formula is C13H20Cl2N4. The largest absolute Gasteiger partial charge is 0.369 e. The Morgan fingerprint density at radius 3 is 2.26 bits per heavy atom. The highest BCUT2D eigenvalue weighted by molar-refractivity contribution is 6.34. The minimum absolute atomic E-state index is 0.293. The Morgan fingerprint density at radius 1 is 1.11 bits per heavy atom. The van der Waals surface area contributed by atoms with Crippen LogP contribution >= 0.6 is 23.2 Å². The van der Waals surface area contributed by atoms with Crippen molar-refractivity contribution in [3.8, 4) is 0 Å². The van der Waals surface area contributed by atoms with Crippen LogP contribution in [0.5, 0.6) is 0 Å². The summed E-state index contributed by atoms with van der Waals surface area (Å²) in [5.41, 5.74) is 0.822. The minimum atomic E-state index is 0.293. The number of halogens is 2. The first-order chi connectivity index (χ1) is 9.04. The van der Waals surface area contributed by atoms with Crippen LogP contribution in [0.2, 0.25) is 10.3 Å². The average molecular weight is 303 g/mol. The summed E-state index contributed by atoms with van der Waals surface area (Å²) in [5, 5.41) is 0.810. The van der Waals surface area contributed by atoms with Crippen molar-refractivity contribution in [3.63, 3.8) is 0 Å². The van der Waals surface area contributed by atoms with Gasteiger partial charge in [0, 0.05) is 19.7 Å². The van der Waals surface area contributed by atoms with Crippen molar-refractivity contribution in [3.05, 3.63) is 15.9 Å². The lowest BCUT2D eigenvalue weighted by Gasteiger charge is -2.07. The lowest BCUT2D eigenvalue weighted by Crippen LogP contribution is -2.07. The van der Waals surface area contributed by atoms with Gasteiger partial charge in [-0.1, -0.05) is 49.4 Å². The van der Waals surface area contributed by atoms with Crippen LogP contribution in [0.15, 0.2) is 4.99 Å². The second-order valence-electron chi connectivity index (χ2n) is 4.60. The van der Waals surface area contributed by atoms with Gasteiger partial charge >= 0.3 is 0 Å². The van der Waals surface area contributed by atoms with E-state index in [-0.39, 0.29) is 0 Å². The van der Waals surface area contributed by atoms with Gasteiger partial charge in [-0.05, 0) is 12.8 Å². The van der Waals surface area contributed by atoms with E-state index in [1.807, 2.05) is 14.1 Å². The summed E-state index contributed by atoms with van der Waals surface area (Å²) in [5.74, 6) is 0.293. The first kappa shape index (κ1) is 16.2. The second kappa shape index (κ2) is 8.33. The monoisotopic (exact) mass is 302 g/mol. The third kappa shape index (κ3) is 5.74. The van der Waals surface area contributed by atoms with Crippen LogP contribution < -0.4 is 0 Å². The lowest BCUT2D eigenvalue weighted by atomic mass is 10.1. The van der Waals surface area contributed by atoms with E-state index in [4.69, 9.17) is 23.2 Å². The van der Waals surface area contributed by atoms with E-state index in [1.54, 1.807) is 11.2 Å². The number of rotatable bonds is 7. The number of hydrogen-bond donors (Lipinski definition) is 0. The average Bonchev–Trinajstić information content (AvgIpc) is 2.34. The van der Waals surface area contributed by atoms with Crippen molar-refractivity contribution < 1.29 is 0 Å². The molecule has 1 heterocycles. The van der Waals surface area contributed by atoms with E-state index < -0.39 is 0 Å². The molecule has 0 unspecified atom stereocenters. The van der Waals surface area contributed by atoms with E-state index in [0.717, 1.165) is 18.4 Å². The van der Waals surface area contributed by atoms with E-state index in [9.17, 15) is 0 Å². The Labute approximate surface area is 124 Å². The number of aromatic nitrogens is 2. The molecule has 0 saturated heterocycles. The number of aliphatic imine (C=N–C) groups is 1. The summed E-state index contributed by atoms with van der Waals surface area (Å²) < 4.78 is 0. The number of nitrogens with zero attached hydrogens (tertiary/aromatic N) is 4. The van der Waals surface area contributed by atoms with Crippen molar-refractivity contribution in [1.29, 1.82) is 0 Å². The molecule has 1 rings (SSSR count). The smallest absolute Gasteiger partial charge is 0.253 e. The van der Waals surface area contributed by atoms with Crippen molar-refractivity contribution in [2.24, 2.45) is 4.99 Å². The van der Waals surface area contributed by atoms with Crippen molar-refractivity contribution in [1.82, 2.24) is 14.9 Å². The van der Waals surface area contributed by atoms with E-state index in [1.165, 1.54) is 19.3 Å². The molecule has 19 heavy (non-hydrogen) atoms. The minimum Gasteiger partial charge on any atom is -0.369 e. The molecule has 0 aromatic carbocycles. The third-order valence-electron chi connectivity index (χ3n) is 2.58. The van der Waals surface area contributed by atoms with E-state index >= 15 is 0 Å². The third-order valence-corrected chi connectivity index (χ3v) is 3.20. The maximum Gasteiger partial charge on any atom is 0.253 e. The maximum absolute atomic E-state index is 6.14. The molecule has 106 valence electrons. The molecule has 0 aliphatic carbocycles. The quantitative estimate of drug-likeness (QED) is 0.329. The van der Waals surface area contributed by atoms with Crippen molar-refractivity contribution >= 4 is 35.5 Å². The van der Waals surface area contributed by atoms with Crippen molar-refractivity contribution in [2.45, 2.75) is 39.0 Å². The zero-order valence-electron chi connectivity index (χ0n) is 11.7. The number of unbranched alkanes of at least 4 members (excludes halogenated alkanes) is 3. The molecule has 0 aliphatic heterocycles. The van der Waals surface area contributed by atoms with E-state index in [2.05, 4.69) is 21.9 Å². The fraction of sp³-hybridized carbons (Fsp3) is 0.615. The molecule has 0 bridgehead atoms. The fourth-order valence-electron chi connectivity index (χ4n) is 1.58. The van der Waals surface area contributed by atoms with Gasteiger partial charge in [0.15, 0.2) is 0 Å². The standard InChI is InChI=1S/C13H20Cl2N4/c1-4-5-6-7-8-10-11(14)17-13(18-12(10)15)16-9-19(2)3/h9H,4-8H2,1-3H3/b16-9+. The molecule has 0 atom stereocenters. The molecule has 6 heteroatoms. The second-order valence-corrected chi connectivity index (χ2v) is 5.32. The van der Waals surface area contributed by atoms with Gasteiger partial charge in [0.25, 0.3) is 5.95 Å². The lowest BCUT2D eigenvalue weighted by molar-refractivity contribution is 0.642. The highest BCUT2D eigenvalue weighted by Crippen LogP contribution is 2.25. The Balaban J connectivity index is 2.74. The van der Waals surface area contributed by atoms with Gasteiger partial charge in [-0.15, -0.1) is 0 Å². The predicted octanol–water partition coefficient (Wildman–Crippen LogP) is 4.13. The SMILES string of the molecule is CCCCCCc1c(Cl)nc(/N=C/N(C)C)nc1Cl. The highest BCUT2D eigenvalue weighted by atomic mass is 35.5. The number of hydrogen-bond acceptors (Lipinski definition) is 3. The fourth-order valence-corrected chi connectivity index (χ4v) is 2.15. The molecule has 0 radical (unpaired) electrons. The predicted molar refractivity (Wildman–Crippen MR) is 81.7 cm³/mol. The molecule has 0 aliphatic rings. The van der Waals surface area contributed by atoms with Crippen LogP contribution in [0.3, 0.4) is 0 Å². The summed E-state index contributed by atoms with van der Waals surface area (Å²) in [6, 6.07) is 0. The molecule has 0 fully saturated rings. The first-order valence-electron chi connectivity index (χ1n) is 6.47. The Kier molecular flexibility index (Phi) is 7.10. The zero-order valence-corrected chi connectivity index (χ0v) is 13.2. The molecular weight excluding hydrogens is 283 g/mol. The Morgan fingerprint density at radius 2 is 1.74 bits per heavy atom.